The number of anilines is 1. The van der Waals surface area contributed by atoms with Crippen LogP contribution < -0.4 is 5.32 Å². The van der Waals surface area contributed by atoms with Crippen molar-refractivity contribution >= 4 is 16.5 Å². The van der Waals surface area contributed by atoms with Crippen LogP contribution in [0.4, 0.5) is 5.13 Å². The van der Waals surface area contributed by atoms with Gasteiger partial charge in [0.05, 0.1) is 10.6 Å². The molecule has 3 nitrogen and oxygen atoms in total. The van der Waals surface area contributed by atoms with Crippen molar-refractivity contribution < 1.29 is 0 Å². The molecule has 1 N–H and O–H groups in total. The number of aryl methyl sites for hydroxylation is 1. The molecule has 1 saturated heterocycles. The van der Waals surface area contributed by atoms with Crippen LogP contribution >= 0.6 is 11.3 Å². The van der Waals surface area contributed by atoms with Crippen LogP contribution in [0.15, 0.2) is 24.3 Å². The van der Waals surface area contributed by atoms with E-state index in [1.165, 1.54) is 41.9 Å². The second-order valence-electron chi connectivity index (χ2n) is 5.73. The number of nitrogens with zero attached hydrogens (tertiary/aromatic N) is 2. The van der Waals surface area contributed by atoms with Gasteiger partial charge >= 0.3 is 0 Å². The number of hydrogen-bond acceptors (Lipinski definition) is 4. The molecule has 1 aromatic carbocycles. The van der Waals surface area contributed by atoms with Crippen LogP contribution in [0.1, 0.15) is 37.1 Å². The molecule has 4 heteroatoms. The lowest BCUT2D eigenvalue weighted by Crippen LogP contribution is -2.23. The van der Waals surface area contributed by atoms with Crippen LogP contribution in [0, 0.1) is 6.92 Å². The Bertz CT molecular complexity index is 614. The van der Waals surface area contributed by atoms with Gasteiger partial charge in [0.25, 0.3) is 0 Å². The van der Waals surface area contributed by atoms with Gasteiger partial charge in [-0.3, -0.25) is 4.90 Å². The standard InChI is InChI=1S/C17H23N3S/c1-12-16(21-17(18-3)19-12)15-8-6-7-14(11-15)13(2)20-9-4-5-10-20/h6-8,11,13H,4-5,9-10H2,1-3H3,(H,18,19). The van der Waals surface area contributed by atoms with E-state index in [9.17, 15) is 0 Å². The molecular weight excluding hydrogens is 278 g/mol. The van der Waals surface area contributed by atoms with Gasteiger partial charge in [-0.15, -0.1) is 0 Å². The minimum atomic E-state index is 0.504. The molecule has 0 aliphatic carbocycles. The molecule has 0 radical (unpaired) electrons. The van der Waals surface area contributed by atoms with Gasteiger partial charge in [-0.2, -0.15) is 0 Å². The third kappa shape index (κ3) is 2.97. The van der Waals surface area contributed by atoms with Crippen molar-refractivity contribution in [3.8, 4) is 10.4 Å². The Morgan fingerprint density at radius 2 is 2.05 bits per heavy atom. The van der Waals surface area contributed by atoms with Gasteiger partial charge in [-0.05, 0) is 57.0 Å². The molecule has 0 bridgehead atoms. The molecule has 1 aromatic heterocycles. The Balaban J connectivity index is 1.90. The second kappa shape index (κ2) is 6.16. The average molecular weight is 301 g/mol. The summed E-state index contributed by atoms with van der Waals surface area (Å²) in [5, 5.41) is 4.13. The fraction of sp³-hybridized carbons (Fsp3) is 0.471. The van der Waals surface area contributed by atoms with E-state index >= 15 is 0 Å². The predicted octanol–water partition coefficient (Wildman–Crippen LogP) is 4.32. The van der Waals surface area contributed by atoms with Gasteiger partial charge in [0.2, 0.25) is 0 Å². The Morgan fingerprint density at radius 1 is 1.29 bits per heavy atom. The number of thiazole rings is 1. The smallest absolute Gasteiger partial charge is 0.183 e. The van der Waals surface area contributed by atoms with Crippen molar-refractivity contribution in [1.29, 1.82) is 0 Å². The van der Waals surface area contributed by atoms with Crippen molar-refractivity contribution in [2.24, 2.45) is 0 Å². The topological polar surface area (TPSA) is 28.2 Å². The highest BCUT2D eigenvalue weighted by Crippen LogP contribution is 2.34. The first-order valence-corrected chi connectivity index (χ1v) is 8.50. The molecule has 1 atom stereocenters. The summed E-state index contributed by atoms with van der Waals surface area (Å²) in [6, 6.07) is 9.46. The summed E-state index contributed by atoms with van der Waals surface area (Å²) in [5.74, 6) is 0. The van der Waals surface area contributed by atoms with Crippen molar-refractivity contribution in [3.63, 3.8) is 0 Å². The lowest BCUT2D eigenvalue weighted by Gasteiger charge is -2.24. The van der Waals surface area contributed by atoms with Crippen LogP contribution in [-0.4, -0.2) is 30.0 Å². The number of rotatable bonds is 4. The molecule has 0 saturated carbocycles. The van der Waals surface area contributed by atoms with E-state index in [2.05, 4.69) is 53.3 Å². The van der Waals surface area contributed by atoms with Gasteiger partial charge in [0.1, 0.15) is 0 Å². The largest absolute Gasteiger partial charge is 0.365 e. The van der Waals surface area contributed by atoms with Gasteiger partial charge in [0.15, 0.2) is 5.13 Å². The third-order valence-electron chi connectivity index (χ3n) is 4.33. The lowest BCUT2D eigenvalue weighted by molar-refractivity contribution is 0.263. The van der Waals surface area contributed by atoms with Crippen molar-refractivity contribution in [2.45, 2.75) is 32.7 Å². The average Bonchev–Trinajstić information content (AvgIpc) is 3.16. The number of nitrogens with one attached hydrogen (secondary N) is 1. The molecule has 3 rings (SSSR count). The van der Waals surface area contributed by atoms with Gasteiger partial charge in [0, 0.05) is 13.1 Å². The summed E-state index contributed by atoms with van der Waals surface area (Å²) in [6.07, 6.45) is 2.67. The molecule has 1 fully saturated rings. The first kappa shape index (κ1) is 14.5. The maximum absolute atomic E-state index is 4.55. The number of likely N-dealkylation sites (tertiary alicyclic amines) is 1. The molecule has 112 valence electrons. The molecule has 1 aliphatic heterocycles. The summed E-state index contributed by atoms with van der Waals surface area (Å²) in [5.41, 5.74) is 3.80. The molecule has 21 heavy (non-hydrogen) atoms. The molecule has 2 aromatic rings. The molecule has 1 unspecified atom stereocenters. The highest BCUT2D eigenvalue weighted by atomic mass is 32.1. The summed E-state index contributed by atoms with van der Waals surface area (Å²) in [7, 11) is 1.92. The SMILES string of the molecule is CNc1nc(C)c(-c2cccc(C(C)N3CCCC3)c2)s1. The number of aromatic nitrogens is 1. The molecule has 2 heterocycles. The number of hydrogen-bond donors (Lipinski definition) is 1. The maximum atomic E-state index is 4.55. The second-order valence-corrected chi connectivity index (χ2v) is 6.73. The zero-order chi connectivity index (χ0) is 14.8. The monoisotopic (exact) mass is 301 g/mol. The van der Waals surface area contributed by atoms with Crippen molar-refractivity contribution in [1.82, 2.24) is 9.88 Å². The predicted molar refractivity (Wildman–Crippen MR) is 91.1 cm³/mol. The van der Waals surface area contributed by atoms with Crippen LogP contribution in [0.5, 0.6) is 0 Å². The minimum Gasteiger partial charge on any atom is -0.365 e. The van der Waals surface area contributed by atoms with Crippen LogP contribution in [0.25, 0.3) is 10.4 Å². The fourth-order valence-corrected chi connectivity index (χ4v) is 3.97. The van der Waals surface area contributed by atoms with Crippen molar-refractivity contribution in [3.05, 3.63) is 35.5 Å². The van der Waals surface area contributed by atoms with E-state index in [0.717, 1.165) is 10.8 Å². The molecule has 0 spiro atoms. The number of benzene rings is 1. The van der Waals surface area contributed by atoms with Gasteiger partial charge in [-0.25, -0.2) is 4.98 Å². The maximum Gasteiger partial charge on any atom is 0.183 e. The normalized spacial score (nSPS) is 17.1. The van der Waals surface area contributed by atoms with E-state index in [-0.39, 0.29) is 0 Å². The Hall–Kier alpha value is -1.39. The zero-order valence-electron chi connectivity index (χ0n) is 13.0. The van der Waals surface area contributed by atoms with E-state index in [1.54, 1.807) is 11.3 Å². The first-order chi connectivity index (χ1) is 10.2. The van der Waals surface area contributed by atoms with Crippen LogP contribution in [-0.2, 0) is 0 Å². The van der Waals surface area contributed by atoms with E-state index in [1.807, 2.05) is 7.05 Å². The molecule has 1 aliphatic rings. The van der Waals surface area contributed by atoms with E-state index in [4.69, 9.17) is 0 Å². The molecule has 0 amide bonds. The van der Waals surface area contributed by atoms with E-state index < -0.39 is 0 Å². The highest BCUT2D eigenvalue weighted by molar-refractivity contribution is 7.19. The lowest BCUT2D eigenvalue weighted by atomic mass is 10.0. The van der Waals surface area contributed by atoms with Crippen LogP contribution in [0.3, 0.4) is 0 Å². The molecular formula is C17H23N3S. The quantitative estimate of drug-likeness (QED) is 0.911. The van der Waals surface area contributed by atoms with E-state index in [0.29, 0.717) is 6.04 Å². The zero-order valence-corrected chi connectivity index (χ0v) is 13.8. The summed E-state index contributed by atoms with van der Waals surface area (Å²) < 4.78 is 0. The Kier molecular flexibility index (Phi) is 4.27. The minimum absolute atomic E-state index is 0.504. The van der Waals surface area contributed by atoms with Crippen molar-refractivity contribution in [2.75, 3.05) is 25.5 Å². The first-order valence-electron chi connectivity index (χ1n) is 7.68. The van der Waals surface area contributed by atoms with Gasteiger partial charge in [-0.1, -0.05) is 29.5 Å². The Labute approximate surface area is 131 Å². The fourth-order valence-electron chi connectivity index (χ4n) is 3.05. The third-order valence-corrected chi connectivity index (χ3v) is 5.55. The summed E-state index contributed by atoms with van der Waals surface area (Å²) >= 11 is 1.73. The van der Waals surface area contributed by atoms with Crippen LogP contribution in [0.2, 0.25) is 0 Å². The highest BCUT2D eigenvalue weighted by Gasteiger charge is 2.20. The summed E-state index contributed by atoms with van der Waals surface area (Å²) in [6.45, 7) is 6.87. The Morgan fingerprint density at radius 3 is 2.71 bits per heavy atom. The summed E-state index contributed by atoms with van der Waals surface area (Å²) in [4.78, 5) is 8.41. The van der Waals surface area contributed by atoms with Gasteiger partial charge < -0.3 is 5.32 Å².